The van der Waals surface area contributed by atoms with Gasteiger partial charge >= 0.3 is 0 Å². The van der Waals surface area contributed by atoms with Gasteiger partial charge in [-0.15, -0.1) is 11.8 Å². The smallest absolute Gasteiger partial charge is 0.239 e. The van der Waals surface area contributed by atoms with Gasteiger partial charge in [-0.05, 0) is 18.2 Å². The lowest BCUT2D eigenvalue weighted by Crippen LogP contribution is -2.44. The van der Waals surface area contributed by atoms with Crippen molar-refractivity contribution in [1.82, 2.24) is 5.32 Å². The number of methoxy groups -OCH3 is 1. The van der Waals surface area contributed by atoms with Gasteiger partial charge in [-0.2, -0.15) is 0 Å². The Morgan fingerprint density at radius 3 is 3.16 bits per heavy atom. The average molecular weight is 277 g/mol. The number of aliphatic imine (C=N–C) groups is 1. The Morgan fingerprint density at radius 1 is 1.58 bits per heavy atom. The molecule has 1 amide bonds. The molecule has 1 aromatic rings. The first-order valence-corrected chi connectivity index (χ1v) is 7.00. The van der Waals surface area contributed by atoms with Crippen LogP contribution < -0.4 is 15.8 Å². The Kier molecular flexibility index (Phi) is 3.20. The number of carbonyl (C=O) groups is 1. The predicted octanol–water partition coefficient (Wildman–Crippen LogP) is 0.416. The van der Waals surface area contributed by atoms with Gasteiger partial charge in [-0.25, -0.2) is 0 Å². The zero-order chi connectivity index (χ0) is 13.4. The zero-order valence-corrected chi connectivity index (χ0v) is 11.4. The molecule has 0 spiro atoms. The summed E-state index contributed by atoms with van der Waals surface area (Å²) in [5, 5.41) is 2.67. The molecule has 2 atom stereocenters. The highest BCUT2D eigenvalue weighted by Gasteiger charge is 2.37. The minimum absolute atomic E-state index is 0.00753. The van der Waals surface area contributed by atoms with E-state index in [1.807, 2.05) is 18.2 Å². The maximum Gasteiger partial charge on any atom is 0.239 e. The molecule has 0 radical (unpaired) electrons. The monoisotopic (exact) mass is 277 g/mol. The molecule has 2 aliphatic heterocycles. The van der Waals surface area contributed by atoms with Crippen molar-refractivity contribution in [1.29, 1.82) is 0 Å². The summed E-state index contributed by atoms with van der Waals surface area (Å²) in [5.41, 5.74) is 7.46. The van der Waals surface area contributed by atoms with E-state index in [9.17, 15) is 4.79 Å². The summed E-state index contributed by atoms with van der Waals surface area (Å²) in [7, 11) is 1.63. The van der Waals surface area contributed by atoms with Gasteiger partial charge in [0.05, 0.1) is 25.4 Å². The maximum atomic E-state index is 12.2. The fraction of sp³-hybridized carbons (Fsp3) is 0.385. The molecular formula is C13H15N3O2S. The van der Waals surface area contributed by atoms with Crippen molar-refractivity contribution in [3.63, 3.8) is 0 Å². The molecule has 2 aliphatic rings. The highest BCUT2D eigenvalue weighted by Crippen LogP contribution is 2.39. The number of ether oxygens (including phenoxy) is 1. The summed E-state index contributed by atoms with van der Waals surface area (Å²) in [6.45, 7) is 0.941. The second kappa shape index (κ2) is 4.86. The number of fused-ring (bicyclic) bond motifs is 3. The first kappa shape index (κ1) is 12.5. The average Bonchev–Trinajstić information content (AvgIpc) is 2.72. The number of hydrogen-bond donors (Lipinski definition) is 2. The molecule has 0 fully saturated rings. The van der Waals surface area contributed by atoms with Gasteiger partial charge in [0.25, 0.3) is 0 Å². The summed E-state index contributed by atoms with van der Waals surface area (Å²) < 4.78 is 5.23. The van der Waals surface area contributed by atoms with Gasteiger partial charge in [0.1, 0.15) is 11.0 Å². The molecule has 1 aromatic carbocycles. The van der Waals surface area contributed by atoms with Crippen molar-refractivity contribution < 1.29 is 9.53 Å². The minimum Gasteiger partial charge on any atom is -0.497 e. The third kappa shape index (κ3) is 2.11. The van der Waals surface area contributed by atoms with E-state index in [0.717, 1.165) is 21.9 Å². The number of benzene rings is 1. The quantitative estimate of drug-likeness (QED) is 0.821. The van der Waals surface area contributed by atoms with Crippen LogP contribution in [0.5, 0.6) is 5.75 Å². The molecule has 6 heteroatoms. The van der Waals surface area contributed by atoms with E-state index in [2.05, 4.69) is 10.3 Å². The first-order chi connectivity index (χ1) is 9.22. The molecular weight excluding hydrogens is 262 g/mol. The normalized spacial score (nSPS) is 24.9. The number of hydrogen-bond acceptors (Lipinski definition) is 5. The SMILES string of the molecule is COc1ccc2c(c1)C1=NC[C@@H](CN)NC(=O)C1S2. The highest BCUT2D eigenvalue weighted by atomic mass is 32.2. The van der Waals surface area contributed by atoms with Crippen LogP contribution in [0.1, 0.15) is 5.56 Å². The summed E-state index contributed by atoms with van der Waals surface area (Å²) in [5.74, 6) is 0.773. The van der Waals surface area contributed by atoms with E-state index in [-0.39, 0.29) is 17.2 Å². The van der Waals surface area contributed by atoms with Gasteiger partial charge in [0.15, 0.2) is 0 Å². The lowest BCUT2D eigenvalue weighted by molar-refractivity contribution is -0.119. The van der Waals surface area contributed by atoms with Crippen LogP contribution in [0.3, 0.4) is 0 Å². The summed E-state index contributed by atoms with van der Waals surface area (Å²) in [6, 6.07) is 5.75. The van der Waals surface area contributed by atoms with E-state index in [1.165, 1.54) is 11.8 Å². The van der Waals surface area contributed by atoms with Crippen LogP contribution in [0.2, 0.25) is 0 Å². The molecule has 5 nitrogen and oxygen atoms in total. The summed E-state index contributed by atoms with van der Waals surface area (Å²) >= 11 is 1.53. The van der Waals surface area contributed by atoms with Crippen LogP contribution >= 0.6 is 11.8 Å². The number of thioether (sulfide) groups is 1. The summed E-state index contributed by atoms with van der Waals surface area (Å²) in [4.78, 5) is 17.8. The molecule has 1 unspecified atom stereocenters. The van der Waals surface area contributed by atoms with E-state index in [1.54, 1.807) is 7.11 Å². The number of carbonyl (C=O) groups excluding carboxylic acids is 1. The van der Waals surface area contributed by atoms with Crippen molar-refractivity contribution in [2.45, 2.75) is 16.2 Å². The molecule has 3 rings (SSSR count). The standard InChI is InChI=1S/C13H15N3O2S/c1-18-8-2-3-10-9(4-8)11-12(19-10)13(17)16-7(5-14)6-15-11/h2-4,7,12H,5-6,14H2,1H3,(H,16,17)/t7-,12?/m1/s1. The largest absolute Gasteiger partial charge is 0.497 e. The molecule has 2 heterocycles. The van der Waals surface area contributed by atoms with Gasteiger partial charge in [0.2, 0.25) is 5.91 Å². The number of nitrogens with one attached hydrogen (secondary N) is 1. The van der Waals surface area contributed by atoms with Crippen molar-refractivity contribution in [2.75, 3.05) is 20.2 Å². The topological polar surface area (TPSA) is 76.7 Å². The fourth-order valence-corrected chi connectivity index (χ4v) is 3.45. The van der Waals surface area contributed by atoms with E-state index in [4.69, 9.17) is 10.5 Å². The lowest BCUT2D eigenvalue weighted by atomic mass is 10.1. The van der Waals surface area contributed by atoms with Crippen molar-refractivity contribution in [2.24, 2.45) is 10.7 Å². The van der Waals surface area contributed by atoms with Crippen LogP contribution in [0.4, 0.5) is 0 Å². The molecule has 0 bridgehead atoms. The molecule has 3 N–H and O–H groups in total. The number of rotatable bonds is 2. The van der Waals surface area contributed by atoms with Crippen LogP contribution in [0.15, 0.2) is 28.1 Å². The molecule has 0 aromatic heterocycles. The van der Waals surface area contributed by atoms with Crippen molar-refractivity contribution in [3.05, 3.63) is 23.8 Å². The first-order valence-electron chi connectivity index (χ1n) is 6.12. The Balaban J connectivity index is 2.02. The lowest BCUT2D eigenvalue weighted by Gasteiger charge is -2.13. The Morgan fingerprint density at radius 2 is 2.42 bits per heavy atom. The predicted molar refractivity (Wildman–Crippen MR) is 75.0 cm³/mol. The Labute approximate surface area is 115 Å². The zero-order valence-electron chi connectivity index (χ0n) is 10.6. The Bertz CT molecular complexity index is 559. The number of nitrogens with two attached hydrogens (primary N) is 1. The molecule has 0 saturated heterocycles. The number of amides is 1. The number of nitrogens with zero attached hydrogens (tertiary/aromatic N) is 1. The van der Waals surface area contributed by atoms with E-state index in [0.29, 0.717) is 13.1 Å². The third-order valence-electron chi connectivity index (χ3n) is 3.31. The van der Waals surface area contributed by atoms with Crippen LogP contribution in [0.25, 0.3) is 0 Å². The Hall–Kier alpha value is -1.53. The summed E-state index contributed by atoms with van der Waals surface area (Å²) in [6.07, 6.45) is 0. The second-order valence-corrected chi connectivity index (χ2v) is 5.67. The van der Waals surface area contributed by atoms with E-state index >= 15 is 0 Å². The molecule has 19 heavy (non-hydrogen) atoms. The highest BCUT2D eigenvalue weighted by molar-refractivity contribution is 8.02. The maximum absolute atomic E-state index is 12.2. The third-order valence-corrected chi connectivity index (χ3v) is 4.59. The van der Waals surface area contributed by atoms with Crippen LogP contribution in [-0.2, 0) is 4.79 Å². The fourth-order valence-electron chi connectivity index (χ4n) is 2.27. The molecule has 0 aliphatic carbocycles. The van der Waals surface area contributed by atoms with Crippen LogP contribution in [-0.4, -0.2) is 43.1 Å². The molecule has 100 valence electrons. The van der Waals surface area contributed by atoms with Gasteiger partial charge < -0.3 is 15.8 Å². The van der Waals surface area contributed by atoms with Crippen molar-refractivity contribution >= 4 is 23.4 Å². The van der Waals surface area contributed by atoms with Gasteiger partial charge in [0, 0.05) is 17.0 Å². The molecule has 0 saturated carbocycles. The van der Waals surface area contributed by atoms with E-state index < -0.39 is 0 Å². The second-order valence-electron chi connectivity index (χ2n) is 4.53. The van der Waals surface area contributed by atoms with Crippen LogP contribution in [0, 0.1) is 0 Å². The van der Waals surface area contributed by atoms with Crippen molar-refractivity contribution in [3.8, 4) is 5.75 Å². The van der Waals surface area contributed by atoms with Gasteiger partial charge in [-0.3, -0.25) is 9.79 Å². The van der Waals surface area contributed by atoms with Gasteiger partial charge in [-0.1, -0.05) is 0 Å². The minimum atomic E-state index is -0.265.